The van der Waals surface area contributed by atoms with Crippen molar-refractivity contribution in [2.24, 2.45) is 5.92 Å². The predicted molar refractivity (Wildman–Crippen MR) is 130 cm³/mol. The van der Waals surface area contributed by atoms with Crippen LogP contribution in [0.5, 0.6) is 0 Å². The average Bonchev–Trinajstić information content (AvgIpc) is 2.79. The summed E-state index contributed by atoms with van der Waals surface area (Å²) in [7, 11) is 0. The van der Waals surface area contributed by atoms with Crippen molar-refractivity contribution in [3.8, 4) is 0 Å². The van der Waals surface area contributed by atoms with E-state index in [1.807, 2.05) is 0 Å². The molecule has 0 aliphatic heterocycles. The number of ether oxygens (including phenoxy) is 1. The average molecular weight is 504 g/mol. The Balaban J connectivity index is 2.35. The minimum Gasteiger partial charge on any atom is -0.464 e. The van der Waals surface area contributed by atoms with Crippen molar-refractivity contribution in [2.45, 2.75) is 110 Å². The van der Waals surface area contributed by atoms with E-state index in [1.54, 1.807) is 13.8 Å². The van der Waals surface area contributed by atoms with Crippen molar-refractivity contribution in [1.82, 2.24) is 5.32 Å². The number of benzene rings is 1. The number of hydrogen-bond donors (Lipinski definition) is 1. The highest BCUT2D eigenvalue weighted by Crippen LogP contribution is 2.30. The molecule has 1 unspecified atom stereocenters. The number of rotatable bonds is 17. The highest BCUT2D eigenvalue weighted by molar-refractivity contribution is 5.97. The Morgan fingerprint density at radius 3 is 1.86 bits per heavy atom. The molecule has 0 spiro atoms. The second kappa shape index (κ2) is 16.5. The zero-order valence-corrected chi connectivity index (χ0v) is 21.3. The SMILES string of the molecule is CCCCCCCCCCCCCCOC(=O)C(NC(=O)c1cc(F)cc(C(F)(F)F)c1)C(C)C. The molecule has 0 aliphatic rings. The number of carbonyl (C=O) groups excluding carboxylic acids is 2. The van der Waals surface area contributed by atoms with Crippen LogP contribution in [0.1, 0.15) is 114 Å². The van der Waals surface area contributed by atoms with Gasteiger partial charge in [-0.1, -0.05) is 91.4 Å². The summed E-state index contributed by atoms with van der Waals surface area (Å²) >= 11 is 0. The normalized spacial score (nSPS) is 12.6. The second-order valence-corrected chi connectivity index (χ2v) is 9.48. The number of carbonyl (C=O) groups is 2. The van der Waals surface area contributed by atoms with Gasteiger partial charge >= 0.3 is 12.1 Å². The summed E-state index contributed by atoms with van der Waals surface area (Å²) < 4.78 is 57.6. The molecule has 0 aromatic heterocycles. The molecular formula is C27H41F4NO3. The summed E-state index contributed by atoms with van der Waals surface area (Å²) in [6.07, 6.45) is 9.40. The number of hydrogen-bond acceptors (Lipinski definition) is 3. The first-order valence-corrected chi connectivity index (χ1v) is 12.9. The quantitative estimate of drug-likeness (QED) is 0.134. The van der Waals surface area contributed by atoms with Gasteiger partial charge in [-0.2, -0.15) is 13.2 Å². The molecule has 8 heteroatoms. The lowest BCUT2D eigenvalue weighted by atomic mass is 10.0. The number of halogens is 4. The van der Waals surface area contributed by atoms with Crippen LogP contribution in [-0.2, 0) is 15.7 Å². The monoisotopic (exact) mass is 503 g/mol. The summed E-state index contributed by atoms with van der Waals surface area (Å²) in [6, 6.07) is 0.546. The number of unbranched alkanes of at least 4 members (excludes halogenated alkanes) is 11. The van der Waals surface area contributed by atoms with E-state index in [-0.39, 0.29) is 12.5 Å². The van der Waals surface area contributed by atoms with Crippen LogP contribution in [0.4, 0.5) is 17.6 Å². The van der Waals surface area contributed by atoms with Crippen molar-refractivity contribution >= 4 is 11.9 Å². The van der Waals surface area contributed by atoms with E-state index in [2.05, 4.69) is 12.2 Å². The molecule has 200 valence electrons. The second-order valence-electron chi connectivity index (χ2n) is 9.48. The van der Waals surface area contributed by atoms with Crippen LogP contribution in [0.15, 0.2) is 18.2 Å². The maximum Gasteiger partial charge on any atom is 0.416 e. The van der Waals surface area contributed by atoms with Gasteiger partial charge in [0.15, 0.2) is 0 Å². The Morgan fingerprint density at radius 2 is 1.37 bits per heavy atom. The van der Waals surface area contributed by atoms with Crippen molar-refractivity contribution in [2.75, 3.05) is 6.61 Å². The fourth-order valence-electron chi connectivity index (χ4n) is 3.81. The van der Waals surface area contributed by atoms with Gasteiger partial charge < -0.3 is 10.1 Å². The van der Waals surface area contributed by atoms with Crippen LogP contribution >= 0.6 is 0 Å². The molecular weight excluding hydrogens is 462 g/mol. The summed E-state index contributed by atoms with van der Waals surface area (Å²) in [5.41, 5.74) is -1.77. The van der Waals surface area contributed by atoms with Crippen molar-refractivity contribution < 1.29 is 31.9 Å². The lowest BCUT2D eigenvalue weighted by Gasteiger charge is -2.21. The van der Waals surface area contributed by atoms with E-state index in [9.17, 15) is 27.2 Å². The van der Waals surface area contributed by atoms with Gasteiger partial charge in [-0.25, -0.2) is 9.18 Å². The van der Waals surface area contributed by atoms with E-state index in [0.717, 1.165) is 19.3 Å². The molecule has 0 bridgehead atoms. The summed E-state index contributed by atoms with van der Waals surface area (Å²) in [4.78, 5) is 24.9. The molecule has 35 heavy (non-hydrogen) atoms. The van der Waals surface area contributed by atoms with Crippen molar-refractivity contribution in [3.05, 3.63) is 35.1 Å². The Bertz CT molecular complexity index is 765. The van der Waals surface area contributed by atoms with E-state index >= 15 is 0 Å². The fourth-order valence-corrected chi connectivity index (χ4v) is 3.81. The Morgan fingerprint density at radius 1 is 0.857 bits per heavy atom. The van der Waals surface area contributed by atoms with Gasteiger partial charge in [0.2, 0.25) is 0 Å². The van der Waals surface area contributed by atoms with Crippen LogP contribution in [0.25, 0.3) is 0 Å². The van der Waals surface area contributed by atoms with Crippen LogP contribution in [-0.4, -0.2) is 24.5 Å². The van der Waals surface area contributed by atoms with Crippen LogP contribution in [0.3, 0.4) is 0 Å². The molecule has 0 saturated carbocycles. The van der Waals surface area contributed by atoms with E-state index in [4.69, 9.17) is 4.74 Å². The van der Waals surface area contributed by atoms with Gasteiger partial charge in [0.05, 0.1) is 12.2 Å². The molecule has 0 fully saturated rings. The molecule has 4 nitrogen and oxygen atoms in total. The Kier molecular flexibility index (Phi) is 14.6. The number of nitrogens with one attached hydrogen (secondary N) is 1. The van der Waals surface area contributed by atoms with Gasteiger partial charge in [0, 0.05) is 5.56 Å². The third-order valence-corrected chi connectivity index (χ3v) is 5.94. The number of amides is 1. The summed E-state index contributed by atoms with van der Waals surface area (Å²) in [5.74, 6) is -3.15. The minimum atomic E-state index is -4.79. The minimum absolute atomic E-state index is 0.216. The maximum atomic E-state index is 13.6. The van der Waals surface area contributed by atoms with E-state index in [0.29, 0.717) is 24.6 Å². The van der Waals surface area contributed by atoms with Gasteiger partial charge in [0.1, 0.15) is 11.9 Å². The maximum absolute atomic E-state index is 13.6. The molecule has 0 radical (unpaired) electrons. The highest BCUT2D eigenvalue weighted by Gasteiger charge is 2.33. The first kappa shape index (κ1) is 30.9. The van der Waals surface area contributed by atoms with E-state index < -0.39 is 41.0 Å². The van der Waals surface area contributed by atoms with Gasteiger partial charge in [0.25, 0.3) is 5.91 Å². The fraction of sp³-hybridized carbons (Fsp3) is 0.704. The van der Waals surface area contributed by atoms with E-state index in [1.165, 1.54) is 51.4 Å². The summed E-state index contributed by atoms with van der Waals surface area (Å²) in [6.45, 7) is 5.80. The third-order valence-electron chi connectivity index (χ3n) is 5.94. The third kappa shape index (κ3) is 13.0. The molecule has 1 aromatic rings. The first-order chi connectivity index (χ1) is 16.6. The molecule has 0 heterocycles. The van der Waals surface area contributed by atoms with Crippen molar-refractivity contribution in [1.29, 1.82) is 0 Å². The number of esters is 1. The lowest BCUT2D eigenvalue weighted by molar-refractivity contribution is -0.147. The first-order valence-electron chi connectivity index (χ1n) is 12.9. The lowest BCUT2D eigenvalue weighted by Crippen LogP contribution is -2.45. The van der Waals surface area contributed by atoms with Gasteiger partial charge in [-0.05, 0) is 30.5 Å². The molecule has 1 amide bonds. The Hall–Kier alpha value is -2.12. The molecule has 0 aliphatic carbocycles. The standard InChI is InChI=1S/C27H41F4NO3/c1-4-5-6-7-8-9-10-11-12-13-14-15-16-35-26(34)24(20(2)3)32-25(33)21-17-22(27(29,30)31)19-23(28)18-21/h17-20,24H,4-16H2,1-3H3,(H,32,33). The van der Waals surface area contributed by atoms with Crippen LogP contribution in [0, 0.1) is 11.7 Å². The smallest absolute Gasteiger partial charge is 0.416 e. The Labute approximate surface area is 207 Å². The van der Waals surface area contributed by atoms with Crippen LogP contribution < -0.4 is 5.32 Å². The molecule has 1 rings (SSSR count). The zero-order chi connectivity index (χ0) is 26.3. The molecule has 1 aromatic carbocycles. The summed E-state index contributed by atoms with van der Waals surface area (Å²) in [5, 5.41) is 2.39. The highest BCUT2D eigenvalue weighted by atomic mass is 19.4. The topological polar surface area (TPSA) is 55.4 Å². The molecule has 1 N–H and O–H groups in total. The van der Waals surface area contributed by atoms with Crippen LogP contribution in [0.2, 0.25) is 0 Å². The van der Waals surface area contributed by atoms with Crippen molar-refractivity contribution in [3.63, 3.8) is 0 Å². The largest absolute Gasteiger partial charge is 0.464 e. The van der Waals surface area contributed by atoms with Gasteiger partial charge in [-0.15, -0.1) is 0 Å². The molecule has 0 saturated heterocycles. The van der Waals surface area contributed by atoms with Gasteiger partial charge in [-0.3, -0.25) is 4.79 Å². The predicted octanol–water partition coefficient (Wildman–Crippen LogP) is 7.84. The number of alkyl halides is 3. The zero-order valence-electron chi connectivity index (χ0n) is 21.3. The molecule has 1 atom stereocenters.